The van der Waals surface area contributed by atoms with E-state index in [2.05, 4.69) is 21.7 Å². The third-order valence-corrected chi connectivity index (χ3v) is 3.47. The smallest absolute Gasteiger partial charge is 0.164 e. The predicted octanol–water partition coefficient (Wildman–Crippen LogP) is 2.44. The normalized spacial score (nSPS) is 18.1. The summed E-state index contributed by atoms with van der Waals surface area (Å²) >= 11 is 0. The number of nitrogens with zero attached hydrogens (tertiary/aromatic N) is 3. The van der Waals surface area contributed by atoms with Gasteiger partial charge in [0.1, 0.15) is 12.4 Å². The fraction of sp³-hybridized carbons (Fsp3) is 0.429. The minimum atomic E-state index is 0.306. The van der Waals surface area contributed by atoms with Crippen molar-refractivity contribution >= 4 is 0 Å². The maximum Gasteiger partial charge on any atom is 0.164 e. The van der Waals surface area contributed by atoms with Gasteiger partial charge in [-0.2, -0.15) is 0 Å². The number of aromatic nitrogens is 3. The summed E-state index contributed by atoms with van der Waals surface area (Å²) in [7, 11) is 1.67. The zero-order valence-corrected chi connectivity index (χ0v) is 11.2. The first-order valence-electron chi connectivity index (χ1n) is 6.49. The van der Waals surface area contributed by atoms with Crippen LogP contribution in [0.1, 0.15) is 25.2 Å². The molecular weight excluding hydrogens is 242 g/mol. The number of ether oxygens (including phenoxy) is 2. The van der Waals surface area contributed by atoms with E-state index in [1.165, 1.54) is 0 Å². The van der Waals surface area contributed by atoms with Crippen LogP contribution in [0.2, 0.25) is 0 Å². The van der Waals surface area contributed by atoms with Gasteiger partial charge in [0.2, 0.25) is 0 Å². The lowest BCUT2D eigenvalue weighted by atomic mass is 10.1. The second-order valence-corrected chi connectivity index (χ2v) is 4.62. The van der Waals surface area contributed by atoms with Crippen molar-refractivity contribution < 1.29 is 9.47 Å². The molecule has 1 unspecified atom stereocenters. The summed E-state index contributed by atoms with van der Waals surface area (Å²) in [6, 6.07) is 8.22. The first-order chi connectivity index (χ1) is 9.33. The molecule has 0 bridgehead atoms. The molecule has 0 aliphatic carbocycles. The zero-order chi connectivity index (χ0) is 13.2. The highest BCUT2D eigenvalue weighted by molar-refractivity contribution is 5.58. The van der Waals surface area contributed by atoms with Crippen LogP contribution in [-0.4, -0.2) is 28.5 Å². The van der Waals surface area contributed by atoms with E-state index >= 15 is 0 Å². The minimum Gasteiger partial charge on any atom is -0.497 e. The van der Waals surface area contributed by atoms with E-state index in [0.29, 0.717) is 12.6 Å². The summed E-state index contributed by atoms with van der Waals surface area (Å²) in [5, 5.41) is 8.55. The highest BCUT2D eigenvalue weighted by Crippen LogP contribution is 2.29. The SMILES string of the molecule is CCC1COCc2nnc(-c3cccc(OC)c3)n21. The molecule has 100 valence electrons. The van der Waals surface area contributed by atoms with E-state index in [9.17, 15) is 0 Å². The van der Waals surface area contributed by atoms with Crippen molar-refractivity contribution in [3.05, 3.63) is 30.1 Å². The topological polar surface area (TPSA) is 49.2 Å². The molecule has 1 aliphatic heterocycles. The second-order valence-electron chi connectivity index (χ2n) is 4.62. The summed E-state index contributed by atoms with van der Waals surface area (Å²) in [5.41, 5.74) is 1.03. The van der Waals surface area contributed by atoms with Gasteiger partial charge in [-0.1, -0.05) is 19.1 Å². The van der Waals surface area contributed by atoms with Crippen LogP contribution in [-0.2, 0) is 11.3 Å². The average molecular weight is 259 g/mol. The molecule has 1 aliphatic rings. The fourth-order valence-corrected chi connectivity index (χ4v) is 2.43. The predicted molar refractivity (Wildman–Crippen MR) is 71.0 cm³/mol. The van der Waals surface area contributed by atoms with Crippen molar-refractivity contribution in [1.29, 1.82) is 0 Å². The third-order valence-electron chi connectivity index (χ3n) is 3.47. The van der Waals surface area contributed by atoms with E-state index in [0.717, 1.165) is 36.0 Å². The van der Waals surface area contributed by atoms with Gasteiger partial charge in [0.05, 0.1) is 19.8 Å². The molecule has 0 radical (unpaired) electrons. The van der Waals surface area contributed by atoms with Crippen LogP contribution in [0.4, 0.5) is 0 Å². The van der Waals surface area contributed by atoms with Crippen molar-refractivity contribution in [3.8, 4) is 17.1 Å². The Hall–Kier alpha value is -1.88. The van der Waals surface area contributed by atoms with Gasteiger partial charge in [0.25, 0.3) is 0 Å². The second kappa shape index (κ2) is 5.01. The molecule has 2 heterocycles. The van der Waals surface area contributed by atoms with Crippen molar-refractivity contribution in [2.45, 2.75) is 26.0 Å². The van der Waals surface area contributed by atoms with Gasteiger partial charge < -0.3 is 14.0 Å². The molecule has 5 nitrogen and oxygen atoms in total. The van der Waals surface area contributed by atoms with E-state index in [4.69, 9.17) is 9.47 Å². The van der Waals surface area contributed by atoms with Gasteiger partial charge in [0.15, 0.2) is 11.6 Å². The van der Waals surface area contributed by atoms with Crippen LogP contribution in [0.5, 0.6) is 5.75 Å². The fourth-order valence-electron chi connectivity index (χ4n) is 2.43. The molecule has 0 saturated carbocycles. The molecule has 0 spiro atoms. The van der Waals surface area contributed by atoms with Crippen LogP contribution >= 0.6 is 0 Å². The molecule has 0 saturated heterocycles. The number of hydrogen-bond acceptors (Lipinski definition) is 4. The van der Waals surface area contributed by atoms with Crippen molar-refractivity contribution in [2.75, 3.05) is 13.7 Å². The van der Waals surface area contributed by atoms with E-state index in [-0.39, 0.29) is 0 Å². The maximum atomic E-state index is 5.55. The van der Waals surface area contributed by atoms with E-state index < -0.39 is 0 Å². The summed E-state index contributed by atoms with van der Waals surface area (Å²) in [4.78, 5) is 0. The minimum absolute atomic E-state index is 0.306. The molecule has 1 aromatic carbocycles. The van der Waals surface area contributed by atoms with Gasteiger partial charge in [-0.05, 0) is 18.6 Å². The quantitative estimate of drug-likeness (QED) is 0.849. The first-order valence-corrected chi connectivity index (χ1v) is 6.49. The average Bonchev–Trinajstić information content (AvgIpc) is 2.91. The van der Waals surface area contributed by atoms with Crippen LogP contribution in [0.3, 0.4) is 0 Å². The Morgan fingerprint density at radius 1 is 1.42 bits per heavy atom. The number of rotatable bonds is 3. The van der Waals surface area contributed by atoms with Crippen LogP contribution in [0, 0.1) is 0 Å². The lowest BCUT2D eigenvalue weighted by Crippen LogP contribution is -2.23. The molecule has 0 amide bonds. The maximum absolute atomic E-state index is 5.55. The highest BCUT2D eigenvalue weighted by atomic mass is 16.5. The van der Waals surface area contributed by atoms with Gasteiger partial charge in [-0.15, -0.1) is 10.2 Å². The molecule has 3 rings (SSSR count). The summed E-state index contributed by atoms with van der Waals surface area (Å²) in [6.45, 7) is 3.41. The molecule has 0 N–H and O–H groups in total. The molecule has 1 atom stereocenters. The Kier molecular flexibility index (Phi) is 3.21. The Balaban J connectivity index is 2.08. The van der Waals surface area contributed by atoms with Crippen molar-refractivity contribution in [3.63, 3.8) is 0 Å². The molecule has 5 heteroatoms. The van der Waals surface area contributed by atoms with Gasteiger partial charge in [-0.3, -0.25) is 0 Å². The highest BCUT2D eigenvalue weighted by Gasteiger charge is 2.24. The molecule has 1 aromatic heterocycles. The lowest BCUT2D eigenvalue weighted by Gasteiger charge is -2.25. The number of methoxy groups -OCH3 is 1. The Labute approximate surface area is 112 Å². The Morgan fingerprint density at radius 3 is 3.11 bits per heavy atom. The number of hydrogen-bond donors (Lipinski definition) is 0. The van der Waals surface area contributed by atoms with E-state index in [1.807, 2.05) is 24.3 Å². The standard InChI is InChI=1S/C14H17N3O2/c1-3-11-8-19-9-13-15-16-14(17(11)13)10-5-4-6-12(7-10)18-2/h4-7,11H,3,8-9H2,1-2H3. The van der Waals surface area contributed by atoms with Crippen molar-refractivity contribution in [2.24, 2.45) is 0 Å². The lowest BCUT2D eigenvalue weighted by molar-refractivity contribution is 0.0542. The summed E-state index contributed by atoms with van der Waals surface area (Å²) in [5.74, 6) is 2.62. The Morgan fingerprint density at radius 2 is 2.32 bits per heavy atom. The Bertz CT molecular complexity index is 580. The van der Waals surface area contributed by atoms with Gasteiger partial charge >= 0.3 is 0 Å². The van der Waals surface area contributed by atoms with Gasteiger partial charge in [0, 0.05) is 5.56 Å². The van der Waals surface area contributed by atoms with Crippen LogP contribution in [0.25, 0.3) is 11.4 Å². The molecular formula is C14H17N3O2. The van der Waals surface area contributed by atoms with Gasteiger partial charge in [-0.25, -0.2) is 0 Å². The third kappa shape index (κ3) is 2.10. The van der Waals surface area contributed by atoms with E-state index in [1.54, 1.807) is 7.11 Å². The van der Waals surface area contributed by atoms with Crippen LogP contribution < -0.4 is 4.74 Å². The largest absolute Gasteiger partial charge is 0.497 e. The summed E-state index contributed by atoms with van der Waals surface area (Å²) in [6.07, 6.45) is 1.00. The van der Waals surface area contributed by atoms with Crippen molar-refractivity contribution in [1.82, 2.24) is 14.8 Å². The molecule has 0 fully saturated rings. The molecule has 19 heavy (non-hydrogen) atoms. The first kappa shape index (κ1) is 12.2. The number of fused-ring (bicyclic) bond motifs is 1. The van der Waals surface area contributed by atoms with Crippen LogP contribution in [0.15, 0.2) is 24.3 Å². The monoisotopic (exact) mass is 259 g/mol. The zero-order valence-electron chi connectivity index (χ0n) is 11.2. The molecule has 2 aromatic rings. The number of benzene rings is 1. The summed E-state index contributed by atoms with van der Waals surface area (Å²) < 4.78 is 13.0.